The number of nitrogens with one attached hydrogen (secondary N) is 1. The lowest BCUT2D eigenvalue weighted by Gasteiger charge is -2.18. The first kappa shape index (κ1) is 16.6. The van der Waals surface area contributed by atoms with Crippen molar-refractivity contribution < 1.29 is 19.1 Å². The van der Waals surface area contributed by atoms with Gasteiger partial charge in [-0.15, -0.1) is 0 Å². The van der Waals surface area contributed by atoms with Gasteiger partial charge in [0.25, 0.3) is 0 Å². The standard InChI is InChI=1S/C14H17BrFNO3/c1-14(2,13(19)20)5-6-17-12(18)8-9-3-4-11(16)10(15)7-9/h3-4,7H,5-6,8H2,1-2H3,(H,17,18)(H,19,20). The Balaban J connectivity index is 2.44. The first-order valence-electron chi connectivity index (χ1n) is 6.16. The lowest BCUT2D eigenvalue weighted by molar-refractivity contribution is -0.147. The summed E-state index contributed by atoms with van der Waals surface area (Å²) in [5.74, 6) is -1.49. The molecule has 0 spiro atoms. The van der Waals surface area contributed by atoms with Crippen LogP contribution in [-0.4, -0.2) is 23.5 Å². The van der Waals surface area contributed by atoms with Gasteiger partial charge in [0, 0.05) is 6.54 Å². The summed E-state index contributed by atoms with van der Waals surface area (Å²) in [6.45, 7) is 3.51. The molecule has 0 aromatic heterocycles. The van der Waals surface area contributed by atoms with E-state index in [2.05, 4.69) is 21.2 Å². The van der Waals surface area contributed by atoms with Crippen molar-refractivity contribution in [2.75, 3.05) is 6.54 Å². The lowest BCUT2D eigenvalue weighted by Crippen LogP contribution is -2.32. The molecule has 0 aliphatic carbocycles. The van der Waals surface area contributed by atoms with Crippen LogP contribution in [0.25, 0.3) is 0 Å². The Hall–Kier alpha value is -1.43. The fourth-order valence-corrected chi connectivity index (χ4v) is 1.95. The number of amides is 1. The molecule has 110 valence electrons. The van der Waals surface area contributed by atoms with E-state index in [1.807, 2.05) is 0 Å². The van der Waals surface area contributed by atoms with Crippen LogP contribution in [0.4, 0.5) is 4.39 Å². The number of benzene rings is 1. The summed E-state index contributed by atoms with van der Waals surface area (Å²) in [4.78, 5) is 22.6. The van der Waals surface area contributed by atoms with Gasteiger partial charge in [0.1, 0.15) is 5.82 Å². The highest BCUT2D eigenvalue weighted by molar-refractivity contribution is 9.10. The van der Waals surface area contributed by atoms with Gasteiger partial charge in [-0.1, -0.05) is 6.07 Å². The van der Waals surface area contributed by atoms with E-state index >= 15 is 0 Å². The van der Waals surface area contributed by atoms with Crippen molar-refractivity contribution in [1.82, 2.24) is 5.32 Å². The Kier molecular flexibility index (Phi) is 5.68. The molecular weight excluding hydrogens is 329 g/mol. The first-order valence-corrected chi connectivity index (χ1v) is 6.96. The second kappa shape index (κ2) is 6.83. The molecule has 1 aromatic carbocycles. The fourth-order valence-electron chi connectivity index (χ4n) is 1.52. The third-order valence-electron chi connectivity index (χ3n) is 3.00. The highest BCUT2D eigenvalue weighted by Crippen LogP contribution is 2.19. The first-order chi connectivity index (χ1) is 9.22. The van der Waals surface area contributed by atoms with Crippen molar-refractivity contribution in [2.24, 2.45) is 5.41 Å². The predicted molar refractivity (Wildman–Crippen MR) is 76.8 cm³/mol. The fraction of sp³-hybridized carbons (Fsp3) is 0.429. The molecule has 0 fully saturated rings. The SMILES string of the molecule is CC(C)(CCNC(=O)Cc1ccc(F)c(Br)c1)C(=O)O. The largest absolute Gasteiger partial charge is 0.481 e. The van der Waals surface area contributed by atoms with E-state index in [1.165, 1.54) is 6.07 Å². The predicted octanol–water partition coefficient (Wildman–Crippen LogP) is 2.75. The van der Waals surface area contributed by atoms with Crippen LogP contribution in [0.1, 0.15) is 25.8 Å². The summed E-state index contributed by atoms with van der Waals surface area (Å²) in [6.07, 6.45) is 0.480. The molecule has 0 aliphatic heterocycles. The van der Waals surface area contributed by atoms with Crippen LogP contribution in [0.5, 0.6) is 0 Å². The minimum Gasteiger partial charge on any atom is -0.481 e. The minimum absolute atomic E-state index is 0.131. The Morgan fingerprint density at radius 1 is 1.40 bits per heavy atom. The van der Waals surface area contributed by atoms with Crippen molar-refractivity contribution in [3.63, 3.8) is 0 Å². The zero-order valence-corrected chi connectivity index (χ0v) is 13.0. The quantitative estimate of drug-likeness (QED) is 0.832. The van der Waals surface area contributed by atoms with E-state index in [0.717, 1.165) is 0 Å². The molecule has 1 aromatic rings. The van der Waals surface area contributed by atoms with Crippen LogP contribution >= 0.6 is 15.9 Å². The van der Waals surface area contributed by atoms with Gasteiger partial charge in [0.05, 0.1) is 16.3 Å². The highest BCUT2D eigenvalue weighted by Gasteiger charge is 2.26. The van der Waals surface area contributed by atoms with E-state index in [4.69, 9.17) is 5.11 Å². The summed E-state index contributed by atoms with van der Waals surface area (Å²) in [6, 6.07) is 4.39. The molecular formula is C14H17BrFNO3. The number of hydrogen-bond acceptors (Lipinski definition) is 2. The molecule has 0 saturated carbocycles. The second-order valence-corrected chi connectivity index (χ2v) is 6.07. The summed E-state index contributed by atoms with van der Waals surface area (Å²) in [7, 11) is 0. The number of carbonyl (C=O) groups excluding carboxylic acids is 1. The number of aliphatic carboxylic acids is 1. The van der Waals surface area contributed by atoms with Gasteiger partial charge in [0.15, 0.2) is 0 Å². The van der Waals surface area contributed by atoms with Gasteiger partial charge < -0.3 is 10.4 Å². The molecule has 6 heteroatoms. The minimum atomic E-state index is -0.894. The summed E-state index contributed by atoms with van der Waals surface area (Å²) >= 11 is 3.06. The lowest BCUT2D eigenvalue weighted by atomic mass is 9.90. The zero-order valence-electron chi connectivity index (χ0n) is 11.4. The highest BCUT2D eigenvalue weighted by atomic mass is 79.9. The molecule has 20 heavy (non-hydrogen) atoms. The van der Waals surface area contributed by atoms with Gasteiger partial charge in [-0.25, -0.2) is 4.39 Å². The molecule has 0 aliphatic rings. The average molecular weight is 346 g/mol. The smallest absolute Gasteiger partial charge is 0.309 e. The van der Waals surface area contributed by atoms with Gasteiger partial charge in [0.2, 0.25) is 5.91 Å². The number of carboxylic acid groups (broad SMARTS) is 1. The second-order valence-electron chi connectivity index (χ2n) is 5.21. The van der Waals surface area contributed by atoms with Crippen LogP contribution in [0, 0.1) is 11.2 Å². The molecule has 0 atom stereocenters. The van der Waals surface area contributed by atoms with Crippen LogP contribution in [0.3, 0.4) is 0 Å². The van der Waals surface area contributed by atoms with Crippen molar-refractivity contribution in [2.45, 2.75) is 26.7 Å². The molecule has 0 heterocycles. The van der Waals surface area contributed by atoms with E-state index in [-0.39, 0.29) is 18.1 Å². The Morgan fingerprint density at radius 3 is 2.60 bits per heavy atom. The third kappa shape index (κ3) is 4.92. The van der Waals surface area contributed by atoms with Gasteiger partial charge in [-0.3, -0.25) is 9.59 Å². The molecule has 0 radical (unpaired) electrons. The van der Waals surface area contributed by atoms with E-state index in [9.17, 15) is 14.0 Å². The Labute approximate surface area is 125 Å². The number of carbonyl (C=O) groups is 2. The van der Waals surface area contributed by atoms with Crippen molar-refractivity contribution in [1.29, 1.82) is 0 Å². The third-order valence-corrected chi connectivity index (χ3v) is 3.61. The average Bonchev–Trinajstić information content (AvgIpc) is 2.33. The van der Waals surface area contributed by atoms with Crippen LogP contribution in [-0.2, 0) is 16.0 Å². The normalized spacial score (nSPS) is 11.2. The van der Waals surface area contributed by atoms with Crippen molar-refractivity contribution >= 4 is 27.8 Å². The van der Waals surface area contributed by atoms with Crippen LogP contribution in [0.2, 0.25) is 0 Å². The molecule has 1 amide bonds. The topological polar surface area (TPSA) is 66.4 Å². The van der Waals surface area contributed by atoms with E-state index in [0.29, 0.717) is 23.0 Å². The maximum Gasteiger partial charge on any atom is 0.309 e. The summed E-state index contributed by atoms with van der Waals surface area (Å²) in [5, 5.41) is 11.6. The van der Waals surface area contributed by atoms with Gasteiger partial charge in [-0.05, 0) is 53.9 Å². The van der Waals surface area contributed by atoms with Gasteiger partial charge >= 0.3 is 5.97 Å². The van der Waals surface area contributed by atoms with E-state index < -0.39 is 11.4 Å². The van der Waals surface area contributed by atoms with Crippen molar-refractivity contribution in [3.05, 3.63) is 34.1 Å². The Bertz CT molecular complexity index is 517. The summed E-state index contributed by atoms with van der Waals surface area (Å²) in [5.41, 5.74) is -0.181. The number of carboxylic acids is 1. The molecule has 0 bridgehead atoms. The van der Waals surface area contributed by atoms with Gasteiger partial charge in [-0.2, -0.15) is 0 Å². The maximum atomic E-state index is 13.0. The van der Waals surface area contributed by atoms with E-state index in [1.54, 1.807) is 26.0 Å². The molecule has 2 N–H and O–H groups in total. The molecule has 0 saturated heterocycles. The molecule has 1 rings (SSSR count). The van der Waals surface area contributed by atoms with Crippen LogP contribution < -0.4 is 5.32 Å². The maximum absolute atomic E-state index is 13.0. The zero-order chi connectivity index (χ0) is 15.3. The van der Waals surface area contributed by atoms with Crippen molar-refractivity contribution in [3.8, 4) is 0 Å². The number of rotatable bonds is 6. The number of halogens is 2. The molecule has 4 nitrogen and oxygen atoms in total. The number of hydrogen-bond donors (Lipinski definition) is 2. The molecule has 0 unspecified atom stereocenters. The monoisotopic (exact) mass is 345 g/mol. The Morgan fingerprint density at radius 2 is 2.05 bits per heavy atom. The summed E-state index contributed by atoms with van der Waals surface area (Å²) < 4.78 is 13.4. The van der Waals surface area contributed by atoms with Crippen LogP contribution in [0.15, 0.2) is 22.7 Å².